The van der Waals surface area contributed by atoms with E-state index in [0.717, 1.165) is 12.1 Å². The molecule has 88 valence electrons. The summed E-state index contributed by atoms with van der Waals surface area (Å²) in [5.74, 6) is 0. The summed E-state index contributed by atoms with van der Waals surface area (Å²) in [6.45, 7) is 2.32. The highest BCUT2D eigenvalue weighted by Crippen LogP contribution is 2.16. The number of nitrogens with zero attached hydrogens (tertiary/aromatic N) is 1. The molecule has 0 aromatic heterocycles. The Kier molecular flexibility index (Phi) is 3.56. The minimum atomic E-state index is -0.620. The lowest BCUT2D eigenvalue weighted by Crippen LogP contribution is -2.22. The highest BCUT2D eigenvalue weighted by molar-refractivity contribution is 5.26. The average molecular weight is 222 g/mol. The number of β-amino-alcohol motifs (C(OH)–C–C–N with tert-alkyl or cyclic N) is 2. The summed E-state index contributed by atoms with van der Waals surface area (Å²) in [7, 11) is 0. The van der Waals surface area contributed by atoms with Crippen LogP contribution < -0.4 is 5.73 Å². The van der Waals surface area contributed by atoms with E-state index in [1.54, 1.807) is 0 Å². The number of rotatable bonds is 3. The van der Waals surface area contributed by atoms with E-state index < -0.39 is 12.2 Å². The Balaban J connectivity index is 2.04. The van der Waals surface area contributed by atoms with Gasteiger partial charge in [0.2, 0.25) is 0 Å². The van der Waals surface area contributed by atoms with Crippen molar-refractivity contribution in [2.45, 2.75) is 25.3 Å². The maximum atomic E-state index is 9.46. The molecule has 1 aliphatic heterocycles. The maximum Gasteiger partial charge on any atom is 0.0938 e. The molecule has 0 aliphatic carbocycles. The number of nitrogens with two attached hydrogens (primary N) is 1. The molecule has 16 heavy (non-hydrogen) atoms. The molecule has 1 saturated heterocycles. The molecule has 4 heteroatoms. The summed E-state index contributed by atoms with van der Waals surface area (Å²) >= 11 is 0. The van der Waals surface area contributed by atoms with Gasteiger partial charge in [0.25, 0.3) is 0 Å². The van der Waals surface area contributed by atoms with Gasteiger partial charge in [0.1, 0.15) is 0 Å². The normalized spacial score (nSPS) is 26.2. The van der Waals surface area contributed by atoms with Crippen LogP contribution >= 0.6 is 0 Å². The zero-order chi connectivity index (χ0) is 11.5. The first-order chi connectivity index (χ1) is 7.70. The van der Waals surface area contributed by atoms with E-state index in [1.165, 1.54) is 5.56 Å². The molecule has 2 rings (SSSR count). The molecule has 1 aromatic carbocycles. The average Bonchev–Trinajstić information content (AvgIpc) is 2.59. The first-order valence-corrected chi connectivity index (χ1v) is 5.56. The van der Waals surface area contributed by atoms with Gasteiger partial charge < -0.3 is 15.9 Å². The van der Waals surface area contributed by atoms with Crippen molar-refractivity contribution in [3.05, 3.63) is 35.4 Å². The second kappa shape index (κ2) is 4.93. The van der Waals surface area contributed by atoms with E-state index >= 15 is 0 Å². The number of hydrogen-bond acceptors (Lipinski definition) is 4. The van der Waals surface area contributed by atoms with E-state index in [1.807, 2.05) is 29.2 Å². The molecule has 1 fully saturated rings. The van der Waals surface area contributed by atoms with Gasteiger partial charge in [-0.3, -0.25) is 4.90 Å². The molecule has 1 aromatic rings. The second-order valence-corrected chi connectivity index (χ2v) is 4.30. The predicted octanol–water partition coefficient (Wildman–Crippen LogP) is -0.317. The largest absolute Gasteiger partial charge is 0.389 e. The van der Waals surface area contributed by atoms with Crippen LogP contribution in [0.15, 0.2) is 24.3 Å². The molecule has 0 bridgehead atoms. The van der Waals surface area contributed by atoms with Crippen LogP contribution in [-0.4, -0.2) is 40.4 Å². The van der Waals surface area contributed by atoms with Crippen LogP contribution in [0.5, 0.6) is 0 Å². The number of aliphatic hydroxyl groups is 2. The molecule has 0 saturated carbocycles. The van der Waals surface area contributed by atoms with E-state index in [2.05, 4.69) is 0 Å². The highest BCUT2D eigenvalue weighted by atomic mass is 16.3. The van der Waals surface area contributed by atoms with Crippen molar-refractivity contribution in [1.29, 1.82) is 0 Å². The third-order valence-electron chi connectivity index (χ3n) is 3.07. The predicted molar refractivity (Wildman–Crippen MR) is 61.6 cm³/mol. The van der Waals surface area contributed by atoms with Gasteiger partial charge in [-0.1, -0.05) is 24.3 Å². The molecule has 4 nitrogen and oxygen atoms in total. The number of aliphatic hydroxyl groups excluding tert-OH is 2. The topological polar surface area (TPSA) is 69.7 Å². The van der Waals surface area contributed by atoms with Gasteiger partial charge in [-0.25, -0.2) is 0 Å². The minimum Gasteiger partial charge on any atom is -0.389 e. The smallest absolute Gasteiger partial charge is 0.0938 e. The van der Waals surface area contributed by atoms with Gasteiger partial charge in [-0.05, 0) is 11.1 Å². The van der Waals surface area contributed by atoms with Crippen LogP contribution in [0.25, 0.3) is 0 Å². The quantitative estimate of drug-likeness (QED) is 0.656. The van der Waals surface area contributed by atoms with Crippen LogP contribution in [0, 0.1) is 0 Å². The molecule has 0 spiro atoms. The van der Waals surface area contributed by atoms with Gasteiger partial charge in [0, 0.05) is 26.2 Å². The molecule has 2 atom stereocenters. The SMILES string of the molecule is NCc1ccccc1CN1CC(O)C(O)C1. The van der Waals surface area contributed by atoms with Gasteiger partial charge in [0.05, 0.1) is 12.2 Å². The van der Waals surface area contributed by atoms with Crippen molar-refractivity contribution in [1.82, 2.24) is 4.90 Å². The van der Waals surface area contributed by atoms with Gasteiger partial charge in [0.15, 0.2) is 0 Å². The number of likely N-dealkylation sites (tertiary alicyclic amines) is 1. The van der Waals surface area contributed by atoms with Gasteiger partial charge in [-0.2, -0.15) is 0 Å². The lowest BCUT2D eigenvalue weighted by Gasteiger charge is -2.16. The highest BCUT2D eigenvalue weighted by Gasteiger charge is 2.29. The first-order valence-electron chi connectivity index (χ1n) is 5.56. The Bertz CT molecular complexity index is 347. The fourth-order valence-corrected chi connectivity index (χ4v) is 2.13. The Labute approximate surface area is 95.3 Å². The standard InChI is InChI=1S/C12H18N2O2/c13-5-9-3-1-2-4-10(9)6-14-7-11(15)12(16)8-14/h1-4,11-12,15-16H,5-8,13H2. The maximum absolute atomic E-state index is 9.46. The number of hydrogen-bond donors (Lipinski definition) is 3. The van der Waals surface area contributed by atoms with Gasteiger partial charge >= 0.3 is 0 Å². The zero-order valence-corrected chi connectivity index (χ0v) is 9.21. The molecule has 0 radical (unpaired) electrons. The summed E-state index contributed by atoms with van der Waals surface area (Å²) < 4.78 is 0. The number of benzene rings is 1. The molecular weight excluding hydrogens is 204 g/mol. The fourth-order valence-electron chi connectivity index (χ4n) is 2.13. The van der Waals surface area contributed by atoms with Crippen molar-refractivity contribution in [3.63, 3.8) is 0 Å². The van der Waals surface area contributed by atoms with Gasteiger partial charge in [-0.15, -0.1) is 0 Å². The van der Waals surface area contributed by atoms with Crippen LogP contribution in [0.3, 0.4) is 0 Å². The molecule has 0 amide bonds. The second-order valence-electron chi connectivity index (χ2n) is 4.30. The summed E-state index contributed by atoms with van der Waals surface area (Å²) in [6, 6.07) is 8.01. The van der Waals surface area contributed by atoms with Crippen LogP contribution in [0.1, 0.15) is 11.1 Å². The molecule has 1 heterocycles. The summed E-state index contributed by atoms with van der Waals surface area (Å²) in [5, 5.41) is 18.9. The van der Waals surface area contributed by atoms with Crippen LogP contribution in [0.4, 0.5) is 0 Å². The Morgan fingerprint density at radius 1 is 1.12 bits per heavy atom. The van der Waals surface area contributed by atoms with E-state index in [4.69, 9.17) is 5.73 Å². The minimum absolute atomic E-state index is 0.523. The van der Waals surface area contributed by atoms with Crippen molar-refractivity contribution < 1.29 is 10.2 Å². The van der Waals surface area contributed by atoms with E-state index in [0.29, 0.717) is 19.6 Å². The summed E-state index contributed by atoms with van der Waals surface area (Å²) in [4.78, 5) is 2.05. The Morgan fingerprint density at radius 3 is 2.25 bits per heavy atom. The van der Waals surface area contributed by atoms with E-state index in [9.17, 15) is 10.2 Å². The molecule has 2 unspecified atom stereocenters. The van der Waals surface area contributed by atoms with Crippen molar-refractivity contribution >= 4 is 0 Å². The van der Waals surface area contributed by atoms with Crippen LogP contribution in [-0.2, 0) is 13.1 Å². The lowest BCUT2D eigenvalue weighted by atomic mass is 10.1. The Hall–Kier alpha value is -0.940. The van der Waals surface area contributed by atoms with E-state index in [-0.39, 0.29) is 0 Å². The Morgan fingerprint density at radius 2 is 1.69 bits per heavy atom. The third-order valence-corrected chi connectivity index (χ3v) is 3.07. The van der Waals surface area contributed by atoms with Crippen molar-refractivity contribution in [2.75, 3.05) is 13.1 Å². The third kappa shape index (κ3) is 2.41. The molecule has 1 aliphatic rings. The monoisotopic (exact) mass is 222 g/mol. The zero-order valence-electron chi connectivity index (χ0n) is 9.21. The van der Waals surface area contributed by atoms with Crippen molar-refractivity contribution in [3.8, 4) is 0 Å². The fraction of sp³-hybridized carbons (Fsp3) is 0.500. The molecule has 4 N–H and O–H groups in total. The van der Waals surface area contributed by atoms with Crippen molar-refractivity contribution in [2.24, 2.45) is 5.73 Å². The van der Waals surface area contributed by atoms with Crippen LogP contribution in [0.2, 0.25) is 0 Å². The first kappa shape index (κ1) is 11.5. The lowest BCUT2D eigenvalue weighted by molar-refractivity contribution is 0.0572. The summed E-state index contributed by atoms with van der Waals surface area (Å²) in [5.41, 5.74) is 7.96. The summed E-state index contributed by atoms with van der Waals surface area (Å²) in [6.07, 6.45) is -1.24. The molecular formula is C12H18N2O2.